The minimum atomic E-state index is -0.794. The Labute approximate surface area is 196 Å². The van der Waals surface area contributed by atoms with Crippen LogP contribution in [0, 0.1) is 5.92 Å². The molecule has 0 bridgehead atoms. The van der Waals surface area contributed by atoms with Gasteiger partial charge in [0.2, 0.25) is 5.91 Å². The topological polar surface area (TPSA) is 43.1 Å². The van der Waals surface area contributed by atoms with E-state index >= 15 is 0 Å². The third-order valence-corrected chi connectivity index (χ3v) is 8.09. The molecule has 166 valence electrons. The molecule has 1 fully saturated rings. The lowest BCUT2D eigenvalue weighted by molar-refractivity contribution is -0.899. The SMILES string of the molecule is C[N+]1(CCCSc2ccccc2)CC[C@H](C(C(N)=O)(c2ccccc2)c2ccccc2)C1. The van der Waals surface area contributed by atoms with Crippen LogP contribution in [-0.2, 0) is 10.2 Å². The average molecular weight is 446 g/mol. The molecule has 4 rings (SSSR count). The summed E-state index contributed by atoms with van der Waals surface area (Å²) in [5.74, 6) is 1.05. The number of nitrogens with zero attached hydrogens (tertiary/aromatic N) is 1. The van der Waals surface area contributed by atoms with Gasteiger partial charge in [-0.25, -0.2) is 0 Å². The van der Waals surface area contributed by atoms with Gasteiger partial charge in [0.25, 0.3) is 0 Å². The number of quaternary nitrogens is 1. The van der Waals surface area contributed by atoms with Gasteiger partial charge < -0.3 is 10.2 Å². The first kappa shape index (κ1) is 22.6. The Hall–Kier alpha value is -2.56. The maximum atomic E-state index is 13.2. The quantitative estimate of drug-likeness (QED) is 0.283. The lowest BCUT2D eigenvalue weighted by atomic mass is 9.64. The highest BCUT2D eigenvalue weighted by Gasteiger charge is 2.53. The fourth-order valence-corrected chi connectivity index (χ4v) is 6.28. The van der Waals surface area contributed by atoms with Crippen LogP contribution in [0.5, 0.6) is 0 Å². The summed E-state index contributed by atoms with van der Waals surface area (Å²) in [4.78, 5) is 14.6. The van der Waals surface area contributed by atoms with Crippen LogP contribution < -0.4 is 5.73 Å². The fraction of sp³-hybridized carbons (Fsp3) is 0.321. The van der Waals surface area contributed by atoms with Crippen LogP contribution in [-0.4, -0.2) is 42.8 Å². The smallest absolute Gasteiger partial charge is 0.233 e. The molecule has 1 saturated heterocycles. The predicted molar refractivity (Wildman–Crippen MR) is 134 cm³/mol. The molecule has 0 aliphatic carbocycles. The zero-order valence-electron chi connectivity index (χ0n) is 18.8. The van der Waals surface area contributed by atoms with E-state index < -0.39 is 5.41 Å². The molecule has 3 nitrogen and oxygen atoms in total. The van der Waals surface area contributed by atoms with Crippen molar-refractivity contribution in [3.63, 3.8) is 0 Å². The summed E-state index contributed by atoms with van der Waals surface area (Å²) in [6.07, 6.45) is 2.15. The van der Waals surface area contributed by atoms with Gasteiger partial charge in [0.15, 0.2) is 0 Å². The Morgan fingerprint density at radius 3 is 2.00 bits per heavy atom. The molecule has 32 heavy (non-hydrogen) atoms. The van der Waals surface area contributed by atoms with Crippen molar-refractivity contribution in [1.82, 2.24) is 0 Å². The van der Waals surface area contributed by atoms with E-state index in [2.05, 4.69) is 61.6 Å². The molecular weight excluding hydrogens is 412 g/mol. The van der Waals surface area contributed by atoms with Crippen molar-refractivity contribution >= 4 is 17.7 Å². The molecule has 0 aromatic heterocycles. The number of hydrogen-bond acceptors (Lipinski definition) is 2. The van der Waals surface area contributed by atoms with Crippen molar-refractivity contribution in [2.45, 2.75) is 23.2 Å². The highest BCUT2D eigenvalue weighted by atomic mass is 32.2. The third-order valence-electron chi connectivity index (χ3n) is 6.99. The molecule has 0 saturated carbocycles. The Bertz CT molecular complexity index is 970. The number of carbonyl (C=O) groups is 1. The second-order valence-electron chi connectivity index (χ2n) is 9.15. The average Bonchev–Trinajstić information content (AvgIpc) is 3.21. The molecule has 1 unspecified atom stereocenters. The van der Waals surface area contributed by atoms with E-state index in [1.807, 2.05) is 48.2 Å². The Balaban J connectivity index is 1.54. The maximum Gasteiger partial charge on any atom is 0.233 e. The van der Waals surface area contributed by atoms with E-state index in [0.717, 1.165) is 53.8 Å². The summed E-state index contributed by atoms with van der Waals surface area (Å²) >= 11 is 1.92. The van der Waals surface area contributed by atoms with E-state index in [1.54, 1.807) is 0 Å². The molecule has 2 atom stereocenters. The highest BCUT2D eigenvalue weighted by molar-refractivity contribution is 7.99. The lowest BCUT2D eigenvalue weighted by Crippen LogP contribution is -2.51. The van der Waals surface area contributed by atoms with Gasteiger partial charge in [-0.1, -0.05) is 78.9 Å². The number of nitrogens with two attached hydrogens (primary N) is 1. The summed E-state index contributed by atoms with van der Waals surface area (Å²) in [6, 6.07) is 30.9. The number of likely N-dealkylation sites (tertiary alicyclic amines) is 1. The second-order valence-corrected chi connectivity index (χ2v) is 10.3. The van der Waals surface area contributed by atoms with Crippen LogP contribution in [0.4, 0.5) is 0 Å². The van der Waals surface area contributed by atoms with Crippen LogP contribution in [0.15, 0.2) is 95.9 Å². The second kappa shape index (κ2) is 9.93. The Morgan fingerprint density at radius 2 is 1.47 bits per heavy atom. The summed E-state index contributed by atoms with van der Waals surface area (Å²) in [5, 5.41) is 0. The molecule has 4 heteroatoms. The van der Waals surface area contributed by atoms with Gasteiger partial charge in [-0.2, -0.15) is 0 Å². The molecule has 0 radical (unpaired) electrons. The van der Waals surface area contributed by atoms with Gasteiger partial charge in [-0.15, -0.1) is 11.8 Å². The van der Waals surface area contributed by atoms with Gasteiger partial charge in [0, 0.05) is 29.4 Å². The lowest BCUT2D eigenvalue weighted by Gasteiger charge is -2.38. The van der Waals surface area contributed by atoms with Crippen LogP contribution >= 0.6 is 11.8 Å². The molecule has 3 aromatic carbocycles. The summed E-state index contributed by atoms with van der Waals surface area (Å²) < 4.78 is 0.995. The molecule has 0 spiro atoms. The molecule has 2 N–H and O–H groups in total. The minimum Gasteiger partial charge on any atom is -0.369 e. The number of benzene rings is 3. The first-order valence-electron chi connectivity index (χ1n) is 11.5. The molecule has 1 amide bonds. The summed E-state index contributed by atoms with van der Waals surface area (Å²) in [5.41, 5.74) is 7.47. The van der Waals surface area contributed by atoms with E-state index in [1.165, 1.54) is 4.90 Å². The zero-order chi connectivity index (χ0) is 22.4. The summed E-state index contributed by atoms with van der Waals surface area (Å²) in [6.45, 7) is 3.16. The fourth-order valence-electron chi connectivity index (χ4n) is 5.42. The van der Waals surface area contributed by atoms with Crippen molar-refractivity contribution in [3.8, 4) is 0 Å². The third kappa shape index (κ3) is 4.62. The monoisotopic (exact) mass is 445 g/mol. The first-order chi connectivity index (χ1) is 15.5. The van der Waals surface area contributed by atoms with Gasteiger partial charge >= 0.3 is 0 Å². The van der Waals surface area contributed by atoms with Gasteiger partial charge in [-0.3, -0.25) is 4.79 Å². The highest BCUT2D eigenvalue weighted by Crippen LogP contribution is 2.45. The number of primary amides is 1. The van der Waals surface area contributed by atoms with E-state index in [-0.39, 0.29) is 11.8 Å². The standard InChI is InChI=1S/C28H32N2OS/c1-30(19-11-21-32-26-16-9-4-10-17-26)20-18-25(22-30)28(27(29)31,23-12-5-2-6-13-23)24-14-7-3-8-15-24/h2-10,12-17,25H,11,18-22H2,1H3,(H-,29,31)/p+1/t25-,30?/m0/s1. The largest absolute Gasteiger partial charge is 0.369 e. The van der Waals surface area contributed by atoms with Crippen LogP contribution in [0.3, 0.4) is 0 Å². The van der Waals surface area contributed by atoms with E-state index in [9.17, 15) is 4.79 Å². The number of hydrogen-bond donors (Lipinski definition) is 1. The Kier molecular flexibility index (Phi) is 7.02. The maximum absolute atomic E-state index is 13.2. The van der Waals surface area contributed by atoms with Crippen molar-refractivity contribution in [3.05, 3.63) is 102 Å². The molecule has 1 aliphatic heterocycles. The number of rotatable bonds is 9. The van der Waals surface area contributed by atoms with Gasteiger partial charge in [0.05, 0.1) is 26.7 Å². The Morgan fingerprint density at radius 1 is 0.938 bits per heavy atom. The van der Waals surface area contributed by atoms with E-state index in [4.69, 9.17) is 5.73 Å². The van der Waals surface area contributed by atoms with Crippen molar-refractivity contribution < 1.29 is 9.28 Å². The zero-order valence-corrected chi connectivity index (χ0v) is 19.6. The molecule has 1 heterocycles. The number of amides is 1. The van der Waals surface area contributed by atoms with Crippen molar-refractivity contribution in [2.75, 3.05) is 32.4 Å². The van der Waals surface area contributed by atoms with Crippen LogP contribution in [0.1, 0.15) is 24.0 Å². The minimum absolute atomic E-state index is 0.177. The number of carbonyl (C=O) groups excluding carboxylic acids is 1. The first-order valence-corrected chi connectivity index (χ1v) is 12.5. The van der Waals surface area contributed by atoms with Crippen LogP contribution in [0.25, 0.3) is 0 Å². The van der Waals surface area contributed by atoms with E-state index in [0.29, 0.717) is 0 Å². The van der Waals surface area contributed by atoms with Gasteiger partial charge in [-0.05, 0) is 23.3 Å². The molecular formula is C28H33N2OS+. The van der Waals surface area contributed by atoms with Crippen molar-refractivity contribution in [1.29, 1.82) is 0 Å². The normalized spacial score (nSPS) is 20.8. The van der Waals surface area contributed by atoms with Crippen molar-refractivity contribution in [2.24, 2.45) is 11.7 Å². The number of thioether (sulfide) groups is 1. The predicted octanol–water partition coefficient (Wildman–Crippen LogP) is 5.11. The molecule has 1 aliphatic rings. The summed E-state index contributed by atoms with van der Waals surface area (Å²) in [7, 11) is 2.34. The van der Waals surface area contributed by atoms with Crippen LogP contribution in [0.2, 0.25) is 0 Å². The molecule has 3 aromatic rings. The van der Waals surface area contributed by atoms with Gasteiger partial charge in [0.1, 0.15) is 5.41 Å².